The molecule has 0 radical (unpaired) electrons. The van der Waals surface area contributed by atoms with Gasteiger partial charge in [0.2, 0.25) is 0 Å². The van der Waals surface area contributed by atoms with Crippen molar-refractivity contribution in [1.29, 1.82) is 5.26 Å². The van der Waals surface area contributed by atoms with E-state index in [1.807, 2.05) is 0 Å². The summed E-state index contributed by atoms with van der Waals surface area (Å²) in [5, 5.41) is 11.5. The Balaban J connectivity index is 1.85. The van der Waals surface area contributed by atoms with Crippen molar-refractivity contribution < 1.29 is 9.53 Å². The van der Waals surface area contributed by atoms with Crippen LogP contribution in [0.15, 0.2) is 0 Å². The molecule has 2 aliphatic rings. The number of urea groups is 1. The number of ether oxygens (including phenoxy) is 1. The Bertz CT molecular complexity index is 294. The maximum Gasteiger partial charge on any atom is 0.317 e. The normalized spacial score (nSPS) is 26.6. The van der Waals surface area contributed by atoms with E-state index in [-0.39, 0.29) is 12.1 Å². The number of hydrogen-bond acceptors (Lipinski definition) is 3. The molecule has 1 N–H and O–H groups in total. The maximum absolute atomic E-state index is 11.6. The Kier molecular flexibility index (Phi) is 3.62. The summed E-state index contributed by atoms with van der Waals surface area (Å²) in [6.45, 7) is 2.89. The summed E-state index contributed by atoms with van der Waals surface area (Å²) in [6.07, 6.45) is 2.46. The lowest BCUT2D eigenvalue weighted by Gasteiger charge is -2.26. The van der Waals surface area contributed by atoms with Crippen molar-refractivity contribution in [3.63, 3.8) is 0 Å². The van der Waals surface area contributed by atoms with E-state index in [1.165, 1.54) is 0 Å². The monoisotopic (exact) mass is 223 g/mol. The highest BCUT2D eigenvalue weighted by Gasteiger charge is 2.34. The highest BCUT2D eigenvalue weighted by atomic mass is 16.5. The molecule has 1 atom stereocenters. The van der Waals surface area contributed by atoms with Gasteiger partial charge in [0.1, 0.15) is 0 Å². The number of carbonyl (C=O) groups excluding carboxylic acids is 1. The second-order valence-corrected chi connectivity index (χ2v) is 4.36. The van der Waals surface area contributed by atoms with E-state index in [0.29, 0.717) is 18.9 Å². The summed E-state index contributed by atoms with van der Waals surface area (Å²) in [5.41, 5.74) is 0. The molecule has 0 aliphatic carbocycles. The molecular weight excluding hydrogens is 206 g/mol. The third-order valence-electron chi connectivity index (χ3n) is 3.34. The Morgan fingerprint density at radius 1 is 1.50 bits per heavy atom. The molecule has 2 fully saturated rings. The number of nitrogens with one attached hydrogen (secondary N) is 1. The SMILES string of the molecule is N#CCCN1CC(C2CCOCC2)NC1=O. The number of nitrogens with zero attached hydrogens (tertiary/aromatic N) is 2. The molecule has 16 heavy (non-hydrogen) atoms. The standard InChI is InChI=1S/C11H17N3O2/c12-4-1-5-14-8-10(13-11(14)15)9-2-6-16-7-3-9/h9-10H,1-3,5-8H2,(H,13,15). The summed E-state index contributed by atoms with van der Waals surface area (Å²) in [5.74, 6) is 0.532. The van der Waals surface area contributed by atoms with Crippen LogP contribution in [-0.4, -0.2) is 43.3 Å². The molecule has 2 heterocycles. The van der Waals surface area contributed by atoms with Crippen LogP contribution in [0.2, 0.25) is 0 Å². The first-order valence-electron chi connectivity index (χ1n) is 5.81. The molecule has 2 amide bonds. The minimum atomic E-state index is -0.0215. The van der Waals surface area contributed by atoms with Crippen molar-refractivity contribution in [2.75, 3.05) is 26.3 Å². The van der Waals surface area contributed by atoms with Gasteiger partial charge in [0, 0.05) is 26.3 Å². The lowest BCUT2D eigenvalue weighted by atomic mass is 9.92. The summed E-state index contributed by atoms with van der Waals surface area (Å²) in [6, 6.07) is 2.29. The quantitative estimate of drug-likeness (QED) is 0.766. The molecule has 0 aromatic carbocycles. The molecule has 1 unspecified atom stereocenters. The van der Waals surface area contributed by atoms with Crippen LogP contribution in [-0.2, 0) is 4.74 Å². The highest BCUT2D eigenvalue weighted by Crippen LogP contribution is 2.22. The van der Waals surface area contributed by atoms with Gasteiger partial charge in [-0.1, -0.05) is 0 Å². The van der Waals surface area contributed by atoms with Crippen LogP contribution in [0.25, 0.3) is 0 Å². The molecule has 0 bridgehead atoms. The van der Waals surface area contributed by atoms with Gasteiger partial charge in [0.25, 0.3) is 0 Å². The van der Waals surface area contributed by atoms with Crippen LogP contribution >= 0.6 is 0 Å². The predicted octanol–water partition coefficient (Wildman–Crippen LogP) is 0.720. The van der Waals surface area contributed by atoms with E-state index in [4.69, 9.17) is 10.00 Å². The third kappa shape index (κ3) is 2.45. The second-order valence-electron chi connectivity index (χ2n) is 4.36. The van der Waals surface area contributed by atoms with Gasteiger partial charge in [0.05, 0.1) is 18.5 Å². The molecule has 88 valence electrons. The van der Waals surface area contributed by atoms with Crippen LogP contribution in [0, 0.1) is 17.2 Å². The molecule has 0 spiro atoms. The number of carbonyl (C=O) groups is 1. The van der Waals surface area contributed by atoms with Crippen LogP contribution in [0.3, 0.4) is 0 Å². The zero-order chi connectivity index (χ0) is 11.4. The fourth-order valence-electron chi connectivity index (χ4n) is 2.38. The molecule has 2 rings (SSSR count). The molecule has 0 aromatic rings. The summed E-state index contributed by atoms with van der Waals surface area (Å²) >= 11 is 0. The fourth-order valence-corrected chi connectivity index (χ4v) is 2.38. The van der Waals surface area contributed by atoms with Crippen molar-refractivity contribution >= 4 is 6.03 Å². The molecule has 5 heteroatoms. The van der Waals surface area contributed by atoms with Crippen LogP contribution in [0.1, 0.15) is 19.3 Å². The lowest BCUT2D eigenvalue weighted by molar-refractivity contribution is 0.0567. The number of nitriles is 1. The summed E-state index contributed by atoms with van der Waals surface area (Å²) < 4.78 is 5.31. The molecule has 0 saturated carbocycles. The molecule has 5 nitrogen and oxygen atoms in total. The second kappa shape index (κ2) is 5.17. The Morgan fingerprint density at radius 2 is 2.25 bits per heavy atom. The van der Waals surface area contributed by atoms with Crippen molar-refractivity contribution in [3.8, 4) is 6.07 Å². The summed E-state index contributed by atoms with van der Waals surface area (Å²) in [7, 11) is 0. The maximum atomic E-state index is 11.6. The zero-order valence-corrected chi connectivity index (χ0v) is 9.32. The van der Waals surface area contributed by atoms with Gasteiger partial charge in [-0.3, -0.25) is 0 Å². The third-order valence-corrected chi connectivity index (χ3v) is 3.34. The van der Waals surface area contributed by atoms with Gasteiger partial charge < -0.3 is 15.0 Å². The number of rotatable bonds is 3. The number of amides is 2. The Morgan fingerprint density at radius 3 is 2.94 bits per heavy atom. The van der Waals surface area contributed by atoms with Gasteiger partial charge in [-0.25, -0.2) is 4.79 Å². The van der Waals surface area contributed by atoms with E-state index in [9.17, 15) is 4.79 Å². The first kappa shape index (κ1) is 11.2. The first-order valence-corrected chi connectivity index (χ1v) is 5.81. The topological polar surface area (TPSA) is 65.4 Å². The van der Waals surface area contributed by atoms with E-state index in [2.05, 4.69) is 11.4 Å². The minimum Gasteiger partial charge on any atom is -0.381 e. The first-order chi connectivity index (χ1) is 7.81. The van der Waals surface area contributed by atoms with E-state index in [1.54, 1.807) is 4.90 Å². The molecule has 2 aliphatic heterocycles. The lowest BCUT2D eigenvalue weighted by Crippen LogP contribution is -2.37. The van der Waals surface area contributed by atoms with Crippen molar-refractivity contribution in [2.45, 2.75) is 25.3 Å². The van der Waals surface area contributed by atoms with Gasteiger partial charge in [-0.15, -0.1) is 0 Å². The molecule has 0 aromatic heterocycles. The number of hydrogen-bond donors (Lipinski definition) is 1. The van der Waals surface area contributed by atoms with Gasteiger partial charge >= 0.3 is 6.03 Å². The van der Waals surface area contributed by atoms with Crippen LogP contribution < -0.4 is 5.32 Å². The van der Waals surface area contributed by atoms with Crippen LogP contribution in [0.5, 0.6) is 0 Å². The fraction of sp³-hybridized carbons (Fsp3) is 0.818. The zero-order valence-electron chi connectivity index (χ0n) is 9.32. The van der Waals surface area contributed by atoms with Crippen LogP contribution in [0.4, 0.5) is 4.79 Å². The van der Waals surface area contributed by atoms with Gasteiger partial charge in [-0.2, -0.15) is 5.26 Å². The van der Waals surface area contributed by atoms with E-state index in [0.717, 1.165) is 32.6 Å². The van der Waals surface area contributed by atoms with E-state index < -0.39 is 0 Å². The average molecular weight is 223 g/mol. The average Bonchev–Trinajstić information content (AvgIpc) is 2.69. The minimum absolute atomic E-state index is 0.0215. The van der Waals surface area contributed by atoms with E-state index >= 15 is 0 Å². The van der Waals surface area contributed by atoms with Gasteiger partial charge in [-0.05, 0) is 18.8 Å². The van der Waals surface area contributed by atoms with Gasteiger partial charge in [0.15, 0.2) is 0 Å². The smallest absolute Gasteiger partial charge is 0.317 e. The Hall–Kier alpha value is -1.28. The largest absolute Gasteiger partial charge is 0.381 e. The molecular formula is C11H17N3O2. The molecule has 2 saturated heterocycles. The highest BCUT2D eigenvalue weighted by molar-refractivity contribution is 5.76. The Labute approximate surface area is 95.4 Å². The van der Waals surface area contributed by atoms with Crippen molar-refractivity contribution in [3.05, 3.63) is 0 Å². The van der Waals surface area contributed by atoms with Crippen molar-refractivity contribution in [2.24, 2.45) is 5.92 Å². The van der Waals surface area contributed by atoms with Crippen molar-refractivity contribution in [1.82, 2.24) is 10.2 Å². The predicted molar refractivity (Wildman–Crippen MR) is 57.7 cm³/mol. The summed E-state index contributed by atoms with van der Waals surface area (Å²) in [4.78, 5) is 13.3.